The number of methoxy groups -OCH3 is 1. The predicted octanol–water partition coefficient (Wildman–Crippen LogP) is 1.49. The first-order valence-electron chi connectivity index (χ1n) is 6.25. The summed E-state index contributed by atoms with van der Waals surface area (Å²) in [5.41, 5.74) is 0. The highest BCUT2D eigenvalue weighted by atomic mass is 16.5. The van der Waals surface area contributed by atoms with Crippen molar-refractivity contribution < 1.29 is 4.74 Å². The van der Waals surface area contributed by atoms with E-state index in [2.05, 4.69) is 24.1 Å². The molecule has 15 heavy (non-hydrogen) atoms. The van der Waals surface area contributed by atoms with Crippen molar-refractivity contribution in [3.63, 3.8) is 0 Å². The van der Waals surface area contributed by atoms with Gasteiger partial charge in [-0.2, -0.15) is 0 Å². The van der Waals surface area contributed by atoms with Gasteiger partial charge in [-0.1, -0.05) is 6.92 Å². The lowest BCUT2D eigenvalue weighted by molar-refractivity contribution is 0.0162. The van der Waals surface area contributed by atoms with Crippen LogP contribution in [0.15, 0.2) is 0 Å². The van der Waals surface area contributed by atoms with Gasteiger partial charge in [-0.3, -0.25) is 4.90 Å². The Labute approximate surface area is 94.2 Å². The third-order valence-corrected chi connectivity index (χ3v) is 3.36. The van der Waals surface area contributed by atoms with E-state index in [0.29, 0.717) is 12.1 Å². The molecule has 0 aliphatic carbocycles. The Balaban J connectivity index is 2.22. The molecule has 90 valence electrons. The summed E-state index contributed by atoms with van der Waals surface area (Å²) in [4.78, 5) is 2.56. The van der Waals surface area contributed by atoms with Crippen LogP contribution in [-0.4, -0.2) is 50.3 Å². The smallest absolute Gasteiger partial charge is 0.0698 e. The first-order chi connectivity index (χ1) is 7.27. The Morgan fingerprint density at radius 2 is 2.33 bits per heavy atom. The van der Waals surface area contributed by atoms with Gasteiger partial charge in [0.25, 0.3) is 0 Å². The minimum absolute atomic E-state index is 0.459. The van der Waals surface area contributed by atoms with Crippen LogP contribution in [0, 0.1) is 0 Å². The van der Waals surface area contributed by atoms with Crippen molar-refractivity contribution in [2.24, 2.45) is 0 Å². The molecule has 1 rings (SSSR count). The topological polar surface area (TPSA) is 24.5 Å². The van der Waals surface area contributed by atoms with Gasteiger partial charge in [0, 0.05) is 19.7 Å². The van der Waals surface area contributed by atoms with Gasteiger partial charge >= 0.3 is 0 Å². The zero-order valence-electron chi connectivity index (χ0n) is 10.5. The van der Waals surface area contributed by atoms with Crippen LogP contribution >= 0.6 is 0 Å². The monoisotopic (exact) mass is 214 g/mol. The first kappa shape index (κ1) is 12.9. The van der Waals surface area contributed by atoms with Gasteiger partial charge in [-0.25, -0.2) is 0 Å². The Morgan fingerprint density at radius 3 is 3.00 bits per heavy atom. The molecule has 1 aliphatic heterocycles. The van der Waals surface area contributed by atoms with Crippen molar-refractivity contribution in [2.45, 2.75) is 45.3 Å². The fourth-order valence-corrected chi connectivity index (χ4v) is 2.23. The number of hydrogen-bond acceptors (Lipinski definition) is 3. The van der Waals surface area contributed by atoms with E-state index in [1.165, 1.54) is 25.8 Å². The normalized spacial score (nSPS) is 25.4. The van der Waals surface area contributed by atoms with E-state index in [0.717, 1.165) is 19.6 Å². The largest absolute Gasteiger partial charge is 0.380 e. The van der Waals surface area contributed by atoms with E-state index in [1.807, 2.05) is 7.11 Å². The summed E-state index contributed by atoms with van der Waals surface area (Å²) >= 11 is 0. The molecule has 0 radical (unpaired) electrons. The van der Waals surface area contributed by atoms with Gasteiger partial charge in [-0.15, -0.1) is 0 Å². The van der Waals surface area contributed by atoms with Crippen LogP contribution in [0.5, 0.6) is 0 Å². The molecule has 3 nitrogen and oxygen atoms in total. The lowest BCUT2D eigenvalue weighted by Gasteiger charge is -2.36. The summed E-state index contributed by atoms with van der Waals surface area (Å²) in [5.74, 6) is 0. The molecule has 0 aromatic rings. The molecule has 0 spiro atoms. The second kappa shape index (κ2) is 7.20. The number of piperidine rings is 1. The van der Waals surface area contributed by atoms with Crippen LogP contribution in [0.25, 0.3) is 0 Å². The van der Waals surface area contributed by atoms with E-state index in [4.69, 9.17) is 4.74 Å². The second-order valence-corrected chi connectivity index (χ2v) is 4.49. The zero-order chi connectivity index (χ0) is 11.1. The molecule has 3 heteroatoms. The number of ether oxygens (including phenoxy) is 1. The quantitative estimate of drug-likeness (QED) is 0.678. The number of hydrogen-bond donors (Lipinski definition) is 1. The van der Waals surface area contributed by atoms with Crippen molar-refractivity contribution in [3.8, 4) is 0 Å². The van der Waals surface area contributed by atoms with Crippen LogP contribution in [-0.2, 0) is 4.74 Å². The molecule has 1 heterocycles. The van der Waals surface area contributed by atoms with Crippen molar-refractivity contribution in [2.75, 3.05) is 33.3 Å². The van der Waals surface area contributed by atoms with Crippen LogP contribution in [0.3, 0.4) is 0 Å². The molecule has 0 saturated carbocycles. The maximum atomic E-state index is 5.44. The van der Waals surface area contributed by atoms with Gasteiger partial charge in [0.15, 0.2) is 0 Å². The number of rotatable bonds is 6. The molecule has 0 amide bonds. The molecule has 1 aliphatic rings. The van der Waals surface area contributed by atoms with Crippen molar-refractivity contribution >= 4 is 0 Å². The summed E-state index contributed by atoms with van der Waals surface area (Å²) in [6.07, 6.45) is 4.21. The molecule has 0 aromatic carbocycles. The standard InChI is InChI=1S/C12H26N2O/c1-4-13-8-7-11(2)14-9-5-6-12(10-14)15-3/h11-13H,4-10H2,1-3H3. The Bertz CT molecular complexity index is 164. The third kappa shape index (κ3) is 4.49. The van der Waals surface area contributed by atoms with Gasteiger partial charge in [0.1, 0.15) is 0 Å². The number of nitrogens with zero attached hydrogens (tertiary/aromatic N) is 1. The van der Waals surface area contributed by atoms with Crippen molar-refractivity contribution in [1.29, 1.82) is 0 Å². The maximum Gasteiger partial charge on any atom is 0.0698 e. The second-order valence-electron chi connectivity index (χ2n) is 4.49. The fourth-order valence-electron chi connectivity index (χ4n) is 2.23. The Hall–Kier alpha value is -0.120. The predicted molar refractivity (Wildman–Crippen MR) is 64.2 cm³/mol. The number of likely N-dealkylation sites (tertiary alicyclic amines) is 1. The lowest BCUT2D eigenvalue weighted by atomic mass is 10.0. The van der Waals surface area contributed by atoms with Gasteiger partial charge < -0.3 is 10.1 Å². The van der Waals surface area contributed by atoms with E-state index >= 15 is 0 Å². The third-order valence-electron chi connectivity index (χ3n) is 3.36. The maximum absolute atomic E-state index is 5.44. The molecular formula is C12H26N2O. The zero-order valence-corrected chi connectivity index (χ0v) is 10.5. The highest BCUT2D eigenvalue weighted by molar-refractivity contribution is 4.77. The number of nitrogens with one attached hydrogen (secondary N) is 1. The van der Waals surface area contributed by atoms with E-state index < -0.39 is 0 Å². The Kier molecular flexibility index (Phi) is 6.22. The molecule has 0 bridgehead atoms. The lowest BCUT2D eigenvalue weighted by Crippen LogP contribution is -2.44. The van der Waals surface area contributed by atoms with Gasteiger partial charge in [0.05, 0.1) is 6.10 Å². The highest BCUT2D eigenvalue weighted by Crippen LogP contribution is 2.16. The average Bonchev–Trinajstić information content (AvgIpc) is 2.29. The minimum atomic E-state index is 0.459. The highest BCUT2D eigenvalue weighted by Gasteiger charge is 2.22. The summed E-state index contributed by atoms with van der Waals surface area (Å²) in [6, 6.07) is 0.682. The van der Waals surface area contributed by atoms with Crippen LogP contribution in [0.1, 0.15) is 33.1 Å². The molecule has 0 aromatic heterocycles. The van der Waals surface area contributed by atoms with E-state index in [1.54, 1.807) is 0 Å². The summed E-state index contributed by atoms with van der Waals surface area (Å²) in [5, 5.41) is 3.39. The SMILES string of the molecule is CCNCCC(C)N1CCCC(OC)C1. The summed E-state index contributed by atoms with van der Waals surface area (Å²) in [7, 11) is 1.83. The van der Waals surface area contributed by atoms with Crippen molar-refractivity contribution in [3.05, 3.63) is 0 Å². The molecule has 2 unspecified atom stereocenters. The van der Waals surface area contributed by atoms with Gasteiger partial charge in [0.2, 0.25) is 0 Å². The molecule has 1 fully saturated rings. The van der Waals surface area contributed by atoms with Crippen LogP contribution in [0.2, 0.25) is 0 Å². The average molecular weight is 214 g/mol. The summed E-state index contributed by atoms with van der Waals surface area (Å²) in [6.45, 7) is 9.05. The molecule has 2 atom stereocenters. The van der Waals surface area contributed by atoms with Gasteiger partial charge in [-0.05, 0) is 45.8 Å². The Morgan fingerprint density at radius 1 is 1.53 bits per heavy atom. The van der Waals surface area contributed by atoms with E-state index in [-0.39, 0.29) is 0 Å². The summed E-state index contributed by atoms with van der Waals surface area (Å²) < 4.78 is 5.44. The van der Waals surface area contributed by atoms with Crippen LogP contribution in [0.4, 0.5) is 0 Å². The first-order valence-corrected chi connectivity index (χ1v) is 6.25. The minimum Gasteiger partial charge on any atom is -0.380 e. The van der Waals surface area contributed by atoms with Crippen LogP contribution < -0.4 is 5.32 Å². The van der Waals surface area contributed by atoms with E-state index in [9.17, 15) is 0 Å². The molecule has 1 N–H and O–H groups in total. The molecular weight excluding hydrogens is 188 g/mol. The molecule has 1 saturated heterocycles. The van der Waals surface area contributed by atoms with Crippen molar-refractivity contribution in [1.82, 2.24) is 10.2 Å². The fraction of sp³-hybridized carbons (Fsp3) is 1.00.